The third-order valence-electron chi connectivity index (χ3n) is 3.01. The van der Waals surface area contributed by atoms with E-state index >= 15 is 0 Å². The summed E-state index contributed by atoms with van der Waals surface area (Å²) in [7, 11) is 1.89. The molecule has 0 radical (unpaired) electrons. The first kappa shape index (κ1) is 11.5. The average molecular weight is 200 g/mol. The highest BCUT2D eigenvalue weighted by Gasteiger charge is 2.36. The summed E-state index contributed by atoms with van der Waals surface area (Å²) in [5.74, 6) is 0.0445. The Morgan fingerprint density at radius 2 is 2.14 bits per heavy atom. The van der Waals surface area contributed by atoms with E-state index in [2.05, 4.69) is 6.92 Å². The van der Waals surface area contributed by atoms with Gasteiger partial charge in [0.05, 0.1) is 6.61 Å². The maximum absolute atomic E-state index is 11.9. The van der Waals surface area contributed by atoms with Gasteiger partial charge in [-0.25, -0.2) is 0 Å². The van der Waals surface area contributed by atoms with Crippen molar-refractivity contribution in [3.8, 4) is 0 Å². The summed E-state index contributed by atoms with van der Waals surface area (Å²) in [6.45, 7) is 6.74. The minimum atomic E-state index is -0.360. The van der Waals surface area contributed by atoms with Crippen LogP contribution in [0.5, 0.6) is 0 Å². The topological polar surface area (TPSA) is 43.8 Å². The number of aliphatic hydroxyl groups excluding tert-OH is 1. The van der Waals surface area contributed by atoms with Gasteiger partial charge in [0.1, 0.15) is 6.04 Å². The molecule has 2 unspecified atom stereocenters. The lowest BCUT2D eigenvalue weighted by atomic mass is 10.1. The van der Waals surface area contributed by atoms with Crippen LogP contribution in [0.2, 0.25) is 0 Å². The molecule has 0 aromatic carbocycles. The first-order chi connectivity index (χ1) is 6.49. The molecule has 1 aliphatic heterocycles. The van der Waals surface area contributed by atoms with Crippen molar-refractivity contribution in [3.63, 3.8) is 0 Å². The maximum atomic E-state index is 11.9. The van der Waals surface area contributed by atoms with Crippen LogP contribution in [0.15, 0.2) is 0 Å². The number of aliphatic hydroxyl groups is 1. The fourth-order valence-electron chi connectivity index (χ4n) is 1.85. The third-order valence-corrected chi connectivity index (χ3v) is 3.01. The number of amides is 1. The standard InChI is InChI=1S/C10H20N2O2/c1-7(2)12-5-8(3)11(4)9(6-13)10(12)14/h7-9,13H,5-6H2,1-4H3. The van der Waals surface area contributed by atoms with Gasteiger partial charge in [0.15, 0.2) is 0 Å². The summed E-state index contributed by atoms with van der Waals surface area (Å²) in [5.41, 5.74) is 0. The summed E-state index contributed by atoms with van der Waals surface area (Å²) in [6, 6.07) is 0.168. The zero-order valence-corrected chi connectivity index (χ0v) is 9.40. The van der Waals surface area contributed by atoms with Gasteiger partial charge in [-0.2, -0.15) is 0 Å². The summed E-state index contributed by atoms with van der Waals surface area (Å²) < 4.78 is 0. The Kier molecular flexibility index (Phi) is 3.50. The van der Waals surface area contributed by atoms with E-state index in [0.29, 0.717) is 6.04 Å². The molecular weight excluding hydrogens is 180 g/mol. The van der Waals surface area contributed by atoms with E-state index in [0.717, 1.165) is 6.54 Å². The molecule has 1 saturated heterocycles. The molecule has 0 saturated carbocycles. The van der Waals surface area contributed by atoms with Gasteiger partial charge in [-0.1, -0.05) is 0 Å². The Bertz CT molecular complexity index is 214. The van der Waals surface area contributed by atoms with E-state index < -0.39 is 0 Å². The van der Waals surface area contributed by atoms with Gasteiger partial charge in [0.25, 0.3) is 0 Å². The molecule has 0 aromatic heterocycles. The molecule has 1 heterocycles. The van der Waals surface area contributed by atoms with E-state index in [1.807, 2.05) is 30.7 Å². The molecule has 0 aromatic rings. The van der Waals surface area contributed by atoms with Crippen LogP contribution in [0.1, 0.15) is 20.8 Å². The predicted octanol–water partition coefficient (Wildman–Crippen LogP) is -0.0818. The van der Waals surface area contributed by atoms with E-state index in [-0.39, 0.29) is 24.6 Å². The van der Waals surface area contributed by atoms with Crippen LogP contribution in [0, 0.1) is 0 Å². The van der Waals surface area contributed by atoms with Crippen molar-refractivity contribution in [2.24, 2.45) is 0 Å². The minimum Gasteiger partial charge on any atom is -0.394 e. The van der Waals surface area contributed by atoms with Gasteiger partial charge in [0.2, 0.25) is 5.91 Å². The number of hydrogen-bond donors (Lipinski definition) is 1. The van der Waals surface area contributed by atoms with Crippen LogP contribution >= 0.6 is 0 Å². The monoisotopic (exact) mass is 200 g/mol. The van der Waals surface area contributed by atoms with Crippen LogP contribution in [0.25, 0.3) is 0 Å². The molecule has 82 valence electrons. The largest absolute Gasteiger partial charge is 0.394 e. The maximum Gasteiger partial charge on any atom is 0.242 e. The Morgan fingerprint density at radius 3 is 2.57 bits per heavy atom. The Hall–Kier alpha value is -0.610. The molecule has 0 spiro atoms. The van der Waals surface area contributed by atoms with E-state index in [1.165, 1.54) is 0 Å². The van der Waals surface area contributed by atoms with Gasteiger partial charge in [-0.15, -0.1) is 0 Å². The number of hydrogen-bond acceptors (Lipinski definition) is 3. The fourth-order valence-corrected chi connectivity index (χ4v) is 1.85. The number of likely N-dealkylation sites (N-methyl/N-ethyl adjacent to an activating group) is 1. The molecular formula is C10H20N2O2. The molecule has 14 heavy (non-hydrogen) atoms. The summed E-state index contributed by atoms with van der Waals surface area (Å²) in [6.07, 6.45) is 0. The van der Waals surface area contributed by atoms with E-state index in [1.54, 1.807) is 0 Å². The lowest BCUT2D eigenvalue weighted by Gasteiger charge is -2.44. The number of carbonyl (C=O) groups is 1. The molecule has 1 rings (SSSR count). The van der Waals surface area contributed by atoms with Crippen molar-refractivity contribution in [1.29, 1.82) is 0 Å². The third kappa shape index (κ3) is 1.91. The molecule has 4 nitrogen and oxygen atoms in total. The number of piperazine rings is 1. The Labute approximate surface area is 85.5 Å². The molecule has 1 amide bonds. The highest BCUT2D eigenvalue weighted by molar-refractivity contribution is 5.83. The van der Waals surface area contributed by atoms with Crippen molar-refractivity contribution in [1.82, 2.24) is 9.80 Å². The predicted molar refractivity (Wildman–Crippen MR) is 54.9 cm³/mol. The molecule has 2 atom stereocenters. The smallest absolute Gasteiger partial charge is 0.242 e. The number of nitrogens with zero attached hydrogens (tertiary/aromatic N) is 2. The number of carbonyl (C=O) groups excluding carboxylic acids is 1. The first-order valence-electron chi connectivity index (χ1n) is 5.12. The summed E-state index contributed by atoms with van der Waals surface area (Å²) in [4.78, 5) is 15.7. The van der Waals surface area contributed by atoms with Gasteiger partial charge >= 0.3 is 0 Å². The molecule has 1 N–H and O–H groups in total. The summed E-state index contributed by atoms with van der Waals surface area (Å²) in [5, 5.41) is 9.16. The van der Waals surface area contributed by atoms with Crippen molar-refractivity contribution < 1.29 is 9.90 Å². The zero-order valence-electron chi connectivity index (χ0n) is 9.40. The van der Waals surface area contributed by atoms with Crippen molar-refractivity contribution in [2.75, 3.05) is 20.2 Å². The van der Waals surface area contributed by atoms with Crippen molar-refractivity contribution in [3.05, 3.63) is 0 Å². The van der Waals surface area contributed by atoms with E-state index in [9.17, 15) is 4.79 Å². The van der Waals surface area contributed by atoms with Crippen LogP contribution in [-0.2, 0) is 4.79 Å². The van der Waals surface area contributed by atoms with Crippen LogP contribution < -0.4 is 0 Å². The normalized spacial score (nSPS) is 30.1. The molecule has 1 fully saturated rings. The molecule has 0 aliphatic carbocycles. The van der Waals surface area contributed by atoms with Crippen molar-refractivity contribution >= 4 is 5.91 Å². The SMILES string of the molecule is CC(C)N1CC(C)N(C)C(CO)C1=O. The van der Waals surface area contributed by atoms with Gasteiger partial charge < -0.3 is 10.0 Å². The molecule has 0 bridgehead atoms. The van der Waals surface area contributed by atoms with Crippen molar-refractivity contribution in [2.45, 2.75) is 38.9 Å². The summed E-state index contributed by atoms with van der Waals surface area (Å²) >= 11 is 0. The Morgan fingerprint density at radius 1 is 1.57 bits per heavy atom. The second-order valence-electron chi connectivity index (χ2n) is 4.30. The highest BCUT2D eigenvalue weighted by atomic mass is 16.3. The zero-order chi connectivity index (χ0) is 10.9. The van der Waals surface area contributed by atoms with Crippen LogP contribution in [0.3, 0.4) is 0 Å². The Balaban J connectivity index is 2.81. The minimum absolute atomic E-state index is 0.0445. The second kappa shape index (κ2) is 4.28. The average Bonchev–Trinajstić information content (AvgIpc) is 2.12. The molecule has 1 aliphatic rings. The molecule has 4 heteroatoms. The lowest BCUT2D eigenvalue weighted by molar-refractivity contribution is -0.147. The van der Waals surface area contributed by atoms with E-state index in [4.69, 9.17) is 5.11 Å². The second-order valence-corrected chi connectivity index (χ2v) is 4.30. The highest BCUT2D eigenvalue weighted by Crippen LogP contribution is 2.16. The first-order valence-corrected chi connectivity index (χ1v) is 5.12. The van der Waals surface area contributed by atoms with Gasteiger partial charge in [0, 0.05) is 18.6 Å². The van der Waals surface area contributed by atoms with Crippen LogP contribution in [-0.4, -0.2) is 59.1 Å². The fraction of sp³-hybridized carbons (Fsp3) is 0.900. The quantitative estimate of drug-likeness (QED) is 0.678. The van der Waals surface area contributed by atoms with Gasteiger partial charge in [-0.05, 0) is 27.8 Å². The number of rotatable bonds is 2. The van der Waals surface area contributed by atoms with Crippen LogP contribution in [0.4, 0.5) is 0 Å². The van der Waals surface area contributed by atoms with Gasteiger partial charge in [-0.3, -0.25) is 9.69 Å². The lowest BCUT2D eigenvalue weighted by Crippen LogP contribution is -2.62.